The Morgan fingerprint density at radius 1 is 0.962 bits per heavy atom. The summed E-state index contributed by atoms with van der Waals surface area (Å²) in [7, 11) is 0. The van der Waals surface area contributed by atoms with Gasteiger partial charge in [-0.2, -0.15) is 0 Å². The maximum absolute atomic E-state index is 12.3. The molecule has 0 atom stereocenters. The molecule has 0 spiro atoms. The van der Waals surface area contributed by atoms with Crippen LogP contribution in [0.15, 0.2) is 55.2 Å². The molecule has 2 aromatic heterocycles. The van der Waals surface area contributed by atoms with Crippen molar-refractivity contribution in [3.8, 4) is 5.82 Å². The Balaban J connectivity index is 1.43. The van der Waals surface area contributed by atoms with E-state index in [4.69, 9.17) is 0 Å². The van der Waals surface area contributed by atoms with Gasteiger partial charge in [-0.25, -0.2) is 4.98 Å². The van der Waals surface area contributed by atoms with Crippen molar-refractivity contribution in [1.82, 2.24) is 24.6 Å². The lowest BCUT2D eigenvalue weighted by Crippen LogP contribution is -2.37. The zero-order valence-corrected chi connectivity index (χ0v) is 13.4. The van der Waals surface area contributed by atoms with Crippen molar-refractivity contribution in [3.63, 3.8) is 0 Å². The zero-order valence-electron chi connectivity index (χ0n) is 13.4. The summed E-state index contributed by atoms with van der Waals surface area (Å²) in [4.78, 5) is 41.9. The number of pyridine rings is 1. The fourth-order valence-corrected chi connectivity index (χ4v) is 2.66. The molecule has 3 aromatic rings. The lowest BCUT2D eigenvalue weighted by molar-refractivity contribution is -0.116. The SMILES string of the molecule is O=C(CN1C(=O)c2ccccc2C1=O)Nc1ccc(-n2cnnc2)nc1. The Kier molecular flexibility index (Phi) is 3.73. The predicted octanol–water partition coefficient (Wildman–Crippen LogP) is 0.897. The Morgan fingerprint density at radius 3 is 2.19 bits per heavy atom. The first-order chi connectivity index (χ1) is 12.6. The minimum atomic E-state index is -0.488. The van der Waals surface area contributed by atoms with Gasteiger partial charge in [-0.3, -0.25) is 23.9 Å². The Hall–Kier alpha value is -3.88. The summed E-state index contributed by atoms with van der Waals surface area (Å²) in [6.07, 6.45) is 4.47. The number of aromatic nitrogens is 4. The molecule has 0 saturated heterocycles. The van der Waals surface area contributed by atoms with Crippen molar-refractivity contribution in [3.05, 3.63) is 66.4 Å². The van der Waals surface area contributed by atoms with E-state index in [-0.39, 0.29) is 6.54 Å². The van der Waals surface area contributed by atoms with E-state index in [1.54, 1.807) is 41.0 Å². The van der Waals surface area contributed by atoms with Crippen LogP contribution < -0.4 is 5.32 Å². The molecule has 1 N–H and O–H groups in total. The zero-order chi connectivity index (χ0) is 18.1. The number of nitrogens with one attached hydrogen (secondary N) is 1. The number of nitrogens with zero attached hydrogens (tertiary/aromatic N) is 5. The maximum atomic E-state index is 12.3. The van der Waals surface area contributed by atoms with Crippen LogP contribution in [0.2, 0.25) is 0 Å². The molecule has 9 nitrogen and oxygen atoms in total. The van der Waals surface area contributed by atoms with E-state index in [1.807, 2.05) is 0 Å². The van der Waals surface area contributed by atoms with Crippen LogP contribution >= 0.6 is 0 Å². The van der Waals surface area contributed by atoms with E-state index in [0.717, 1.165) is 4.90 Å². The van der Waals surface area contributed by atoms with E-state index < -0.39 is 17.7 Å². The van der Waals surface area contributed by atoms with Gasteiger partial charge in [-0.1, -0.05) is 12.1 Å². The van der Waals surface area contributed by atoms with Crippen LogP contribution in [0.25, 0.3) is 5.82 Å². The number of carbonyl (C=O) groups is 3. The molecule has 1 aliphatic heterocycles. The van der Waals surface area contributed by atoms with E-state index in [2.05, 4.69) is 20.5 Å². The number of fused-ring (bicyclic) bond motifs is 1. The second-order valence-electron chi connectivity index (χ2n) is 5.56. The lowest BCUT2D eigenvalue weighted by Gasteiger charge is -2.13. The summed E-state index contributed by atoms with van der Waals surface area (Å²) >= 11 is 0. The van der Waals surface area contributed by atoms with Crippen molar-refractivity contribution in [2.45, 2.75) is 0 Å². The molecule has 0 radical (unpaired) electrons. The minimum Gasteiger partial charge on any atom is -0.323 e. The number of benzene rings is 1. The predicted molar refractivity (Wildman–Crippen MR) is 89.6 cm³/mol. The second-order valence-corrected chi connectivity index (χ2v) is 5.56. The van der Waals surface area contributed by atoms with Gasteiger partial charge in [0.1, 0.15) is 25.0 Å². The molecule has 0 saturated carbocycles. The first kappa shape index (κ1) is 15.6. The highest BCUT2D eigenvalue weighted by atomic mass is 16.2. The Morgan fingerprint density at radius 2 is 1.62 bits per heavy atom. The van der Waals surface area contributed by atoms with Gasteiger partial charge in [-0.05, 0) is 24.3 Å². The van der Waals surface area contributed by atoms with Crippen LogP contribution in [0, 0.1) is 0 Å². The van der Waals surface area contributed by atoms with Gasteiger partial charge in [0, 0.05) is 0 Å². The van der Waals surface area contributed by atoms with E-state index in [0.29, 0.717) is 22.6 Å². The molecule has 0 bridgehead atoms. The monoisotopic (exact) mass is 348 g/mol. The standard InChI is InChI=1S/C17H12N6O3/c24-15(8-23-16(25)12-3-1-2-4-13(12)17(23)26)21-11-5-6-14(18-7-11)22-9-19-20-10-22/h1-7,9-10H,8H2,(H,21,24). The van der Waals surface area contributed by atoms with Crippen molar-refractivity contribution in [1.29, 1.82) is 0 Å². The van der Waals surface area contributed by atoms with Gasteiger partial charge in [0.25, 0.3) is 11.8 Å². The van der Waals surface area contributed by atoms with Crippen molar-refractivity contribution in [2.75, 3.05) is 11.9 Å². The van der Waals surface area contributed by atoms with E-state index in [9.17, 15) is 14.4 Å². The van der Waals surface area contributed by atoms with Gasteiger partial charge in [-0.15, -0.1) is 10.2 Å². The molecule has 0 fully saturated rings. The molecule has 1 aliphatic rings. The van der Waals surface area contributed by atoms with Crippen LogP contribution in [0.4, 0.5) is 5.69 Å². The first-order valence-electron chi connectivity index (χ1n) is 7.69. The van der Waals surface area contributed by atoms with Crippen LogP contribution in [-0.4, -0.2) is 48.9 Å². The maximum Gasteiger partial charge on any atom is 0.262 e. The fraction of sp³-hybridized carbons (Fsp3) is 0.0588. The summed E-state index contributed by atoms with van der Waals surface area (Å²) in [6.45, 7) is -0.362. The molecule has 1 aromatic carbocycles. The van der Waals surface area contributed by atoms with Gasteiger partial charge >= 0.3 is 0 Å². The molecule has 0 aliphatic carbocycles. The topological polar surface area (TPSA) is 110 Å². The van der Waals surface area contributed by atoms with E-state index in [1.165, 1.54) is 18.9 Å². The third-order valence-electron chi connectivity index (χ3n) is 3.89. The van der Waals surface area contributed by atoms with Gasteiger partial charge in [0.05, 0.1) is 23.0 Å². The number of amides is 3. The van der Waals surface area contributed by atoms with Crippen molar-refractivity contribution < 1.29 is 14.4 Å². The largest absolute Gasteiger partial charge is 0.323 e. The third-order valence-corrected chi connectivity index (χ3v) is 3.89. The molecule has 26 heavy (non-hydrogen) atoms. The molecule has 9 heteroatoms. The third kappa shape index (κ3) is 2.71. The van der Waals surface area contributed by atoms with Crippen LogP contribution in [0.3, 0.4) is 0 Å². The summed E-state index contributed by atoms with van der Waals surface area (Å²) in [5.41, 5.74) is 1.07. The van der Waals surface area contributed by atoms with Crippen molar-refractivity contribution in [2.24, 2.45) is 0 Å². The molecule has 4 rings (SSSR count). The highest BCUT2D eigenvalue weighted by Gasteiger charge is 2.36. The smallest absolute Gasteiger partial charge is 0.262 e. The molecule has 0 unspecified atom stereocenters. The normalized spacial score (nSPS) is 13.0. The highest BCUT2D eigenvalue weighted by Crippen LogP contribution is 2.22. The number of hydrogen-bond donors (Lipinski definition) is 1. The number of carbonyl (C=O) groups excluding carboxylic acids is 3. The molecule has 3 heterocycles. The van der Waals surface area contributed by atoms with E-state index >= 15 is 0 Å². The molecular formula is C17H12N6O3. The average molecular weight is 348 g/mol. The summed E-state index contributed by atoms with van der Waals surface area (Å²) < 4.78 is 1.62. The number of hydrogen-bond acceptors (Lipinski definition) is 6. The summed E-state index contributed by atoms with van der Waals surface area (Å²) in [5, 5.41) is 10.0. The van der Waals surface area contributed by atoms with Gasteiger partial charge in [0.2, 0.25) is 5.91 Å². The van der Waals surface area contributed by atoms with Crippen LogP contribution in [0.1, 0.15) is 20.7 Å². The number of rotatable bonds is 4. The second kappa shape index (κ2) is 6.20. The first-order valence-corrected chi connectivity index (χ1v) is 7.69. The Bertz CT molecular complexity index is 963. The molecule has 3 amide bonds. The van der Waals surface area contributed by atoms with Crippen LogP contribution in [0.5, 0.6) is 0 Å². The molecule has 128 valence electrons. The highest BCUT2D eigenvalue weighted by molar-refractivity contribution is 6.22. The fourth-order valence-electron chi connectivity index (χ4n) is 2.66. The number of anilines is 1. The van der Waals surface area contributed by atoms with Gasteiger partial charge in [0.15, 0.2) is 0 Å². The average Bonchev–Trinajstić information content (AvgIpc) is 3.27. The minimum absolute atomic E-state index is 0.310. The van der Waals surface area contributed by atoms with Crippen LogP contribution in [-0.2, 0) is 4.79 Å². The Labute approximate surface area is 147 Å². The van der Waals surface area contributed by atoms with Gasteiger partial charge < -0.3 is 5.32 Å². The quantitative estimate of drug-likeness (QED) is 0.701. The number of imide groups is 1. The van der Waals surface area contributed by atoms with Crippen molar-refractivity contribution >= 4 is 23.4 Å². The summed E-state index contributed by atoms with van der Waals surface area (Å²) in [5.74, 6) is -0.838. The summed E-state index contributed by atoms with van der Waals surface area (Å²) in [6, 6.07) is 9.83. The lowest BCUT2D eigenvalue weighted by atomic mass is 10.1. The molecular weight excluding hydrogens is 336 g/mol.